The number of hydrogen-bond acceptors (Lipinski definition) is 2. The third-order valence-electron chi connectivity index (χ3n) is 1.84. The minimum absolute atomic E-state index is 1.05. The van der Waals surface area contributed by atoms with Gasteiger partial charge in [-0.3, -0.25) is 5.43 Å². The Bertz CT molecular complexity index is 189. The Kier molecular flexibility index (Phi) is 2.10. The van der Waals surface area contributed by atoms with Crippen molar-refractivity contribution in [2.45, 2.75) is 33.6 Å². The summed E-state index contributed by atoms with van der Waals surface area (Å²) in [5, 5.41) is 4.12. The van der Waals surface area contributed by atoms with Crippen molar-refractivity contribution >= 4 is 5.71 Å². The lowest BCUT2D eigenvalue weighted by molar-refractivity contribution is 0.804. The average molecular weight is 138 g/mol. The van der Waals surface area contributed by atoms with Crippen LogP contribution in [0.3, 0.4) is 0 Å². The third-order valence-corrected chi connectivity index (χ3v) is 1.84. The van der Waals surface area contributed by atoms with Crippen molar-refractivity contribution in [2.24, 2.45) is 5.10 Å². The SMILES string of the molecule is CCC1=C(C)NN=C(C)C1. The second kappa shape index (κ2) is 2.86. The van der Waals surface area contributed by atoms with Crippen LogP contribution < -0.4 is 5.43 Å². The Labute approximate surface area is 62.0 Å². The highest BCUT2D eigenvalue weighted by atomic mass is 15.3. The highest BCUT2D eigenvalue weighted by Crippen LogP contribution is 2.14. The molecule has 10 heavy (non-hydrogen) atoms. The molecule has 2 nitrogen and oxygen atoms in total. The molecule has 1 N–H and O–H groups in total. The molecule has 1 aliphatic rings. The maximum absolute atomic E-state index is 4.12. The molecular weight excluding hydrogens is 124 g/mol. The molecule has 56 valence electrons. The molecule has 0 amide bonds. The van der Waals surface area contributed by atoms with E-state index in [0.717, 1.165) is 12.8 Å². The van der Waals surface area contributed by atoms with E-state index in [1.165, 1.54) is 17.0 Å². The number of nitrogens with zero attached hydrogens (tertiary/aromatic N) is 1. The van der Waals surface area contributed by atoms with Gasteiger partial charge >= 0.3 is 0 Å². The van der Waals surface area contributed by atoms with Crippen LogP contribution in [0.2, 0.25) is 0 Å². The third kappa shape index (κ3) is 1.38. The summed E-state index contributed by atoms with van der Waals surface area (Å²) in [5.74, 6) is 0. The summed E-state index contributed by atoms with van der Waals surface area (Å²) < 4.78 is 0. The van der Waals surface area contributed by atoms with Gasteiger partial charge in [-0.15, -0.1) is 0 Å². The van der Waals surface area contributed by atoms with Crippen LogP contribution in [0.1, 0.15) is 33.6 Å². The van der Waals surface area contributed by atoms with E-state index in [9.17, 15) is 0 Å². The molecular formula is C8H14N2. The molecule has 0 radical (unpaired) electrons. The van der Waals surface area contributed by atoms with E-state index in [-0.39, 0.29) is 0 Å². The Hall–Kier alpha value is -0.790. The molecule has 0 fully saturated rings. The largest absolute Gasteiger partial charge is 0.283 e. The topological polar surface area (TPSA) is 24.4 Å². The fourth-order valence-electron chi connectivity index (χ4n) is 1.13. The molecule has 1 aliphatic heterocycles. The van der Waals surface area contributed by atoms with Crippen molar-refractivity contribution in [2.75, 3.05) is 0 Å². The fraction of sp³-hybridized carbons (Fsp3) is 0.625. The molecule has 0 aromatic carbocycles. The highest BCUT2D eigenvalue weighted by Gasteiger charge is 2.06. The molecule has 2 heteroatoms. The van der Waals surface area contributed by atoms with Gasteiger partial charge in [-0.25, -0.2) is 0 Å². The van der Waals surface area contributed by atoms with Crippen LogP contribution in [0.5, 0.6) is 0 Å². The molecule has 0 bridgehead atoms. The standard InChI is InChI=1S/C8H14N2/c1-4-8-5-6(2)9-10-7(8)3/h10H,4-5H2,1-3H3. The van der Waals surface area contributed by atoms with Crippen molar-refractivity contribution in [1.82, 2.24) is 5.43 Å². The second-order valence-electron chi connectivity index (χ2n) is 2.72. The maximum atomic E-state index is 4.12. The van der Waals surface area contributed by atoms with Gasteiger partial charge in [0.1, 0.15) is 0 Å². The first kappa shape index (κ1) is 7.32. The summed E-state index contributed by atoms with van der Waals surface area (Å²) in [6.07, 6.45) is 2.18. The second-order valence-corrected chi connectivity index (χ2v) is 2.72. The van der Waals surface area contributed by atoms with Gasteiger partial charge < -0.3 is 0 Å². The number of rotatable bonds is 1. The minimum Gasteiger partial charge on any atom is -0.283 e. The maximum Gasteiger partial charge on any atom is 0.0392 e. The van der Waals surface area contributed by atoms with Crippen LogP contribution in [0.25, 0.3) is 0 Å². The lowest BCUT2D eigenvalue weighted by Gasteiger charge is -2.15. The number of hydrazone groups is 1. The zero-order valence-corrected chi connectivity index (χ0v) is 6.86. The first-order chi connectivity index (χ1) is 4.74. The summed E-state index contributed by atoms with van der Waals surface area (Å²) in [6, 6.07) is 0. The van der Waals surface area contributed by atoms with Crippen LogP contribution in [-0.4, -0.2) is 5.71 Å². The van der Waals surface area contributed by atoms with Crippen molar-refractivity contribution in [1.29, 1.82) is 0 Å². The molecule has 0 atom stereocenters. The molecule has 0 unspecified atom stereocenters. The van der Waals surface area contributed by atoms with Crippen LogP contribution in [-0.2, 0) is 0 Å². The minimum atomic E-state index is 1.05. The lowest BCUT2D eigenvalue weighted by Crippen LogP contribution is -2.15. The first-order valence-electron chi connectivity index (χ1n) is 3.71. The van der Waals surface area contributed by atoms with Gasteiger partial charge in [-0.2, -0.15) is 5.10 Å². The van der Waals surface area contributed by atoms with Crippen LogP contribution in [0.15, 0.2) is 16.4 Å². The summed E-state index contributed by atoms with van der Waals surface area (Å²) in [7, 11) is 0. The first-order valence-corrected chi connectivity index (χ1v) is 3.71. The smallest absolute Gasteiger partial charge is 0.0392 e. The molecule has 1 heterocycles. The van der Waals surface area contributed by atoms with Gasteiger partial charge in [0.15, 0.2) is 0 Å². The molecule has 0 aromatic heterocycles. The van der Waals surface area contributed by atoms with Crippen molar-refractivity contribution in [3.05, 3.63) is 11.3 Å². The van der Waals surface area contributed by atoms with Crippen LogP contribution >= 0.6 is 0 Å². The molecule has 0 spiro atoms. The Morgan fingerprint density at radius 2 is 2.20 bits per heavy atom. The summed E-state index contributed by atoms with van der Waals surface area (Å²) >= 11 is 0. The van der Waals surface area contributed by atoms with E-state index >= 15 is 0 Å². The van der Waals surface area contributed by atoms with E-state index in [4.69, 9.17) is 0 Å². The zero-order chi connectivity index (χ0) is 7.56. The van der Waals surface area contributed by atoms with Gasteiger partial charge in [0.25, 0.3) is 0 Å². The number of allylic oxidation sites excluding steroid dienone is 2. The van der Waals surface area contributed by atoms with E-state index in [0.29, 0.717) is 0 Å². The van der Waals surface area contributed by atoms with E-state index in [1.807, 2.05) is 0 Å². The molecule has 1 rings (SSSR count). The molecule has 0 aromatic rings. The fourth-order valence-corrected chi connectivity index (χ4v) is 1.13. The summed E-state index contributed by atoms with van der Waals surface area (Å²) in [5.41, 5.74) is 6.89. The van der Waals surface area contributed by atoms with Gasteiger partial charge in [-0.05, 0) is 25.8 Å². The average Bonchev–Trinajstić information content (AvgIpc) is 1.94. The Balaban J connectivity index is 2.69. The van der Waals surface area contributed by atoms with E-state index in [2.05, 4.69) is 31.3 Å². The normalized spacial score (nSPS) is 18.5. The highest BCUT2D eigenvalue weighted by molar-refractivity contribution is 5.84. The lowest BCUT2D eigenvalue weighted by atomic mass is 10.0. The Morgan fingerprint density at radius 3 is 2.70 bits per heavy atom. The van der Waals surface area contributed by atoms with Gasteiger partial charge in [0.2, 0.25) is 0 Å². The Morgan fingerprint density at radius 1 is 1.50 bits per heavy atom. The van der Waals surface area contributed by atoms with Gasteiger partial charge in [0.05, 0.1) is 0 Å². The summed E-state index contributed by atoms with van der Waals surface area (Å²) in [6.45, 7) is 6.31. The predicted octanol–water partition coefficient (Wildman–Crippen LogP) is 2.04. The number of nitrogens with one attached hydrogen (secondary N) is 1. The van der Waals surface area contributed by atoms with Crippen LogP contribution in [0, 0.1) is 0 Å². The van der Waals surface area contributed by atoms with E-state index in [1.54, 1.807) is 0 Å². The molecule has 0 aliphatic carbocycles. The van der Waals surface area contributed by atoms with Gasteiger partial charge in [-0.1, -0.05) is 6.92 Å². The quantitative estimate of drug-likeness (QED) is 0.589. The van der Waals surface area contributed by atoms with Crippen molar-refractivity contribution in [3.8, 4) is 0 Å². The predicted molar refractivity (Wildman–Crippen MR) is 43.9 cm³/mol. The number of hydrogen-bond donors (Lipinski definition) is 1. The van der Waals surface area contributed by atoms with Crippen LogP contribution in [0.4, 0.5) is 0 Å². The zero-order valence-electron chi connectivity index (χ0n) is 6.86. The molecule has 0 saturated heterocycles. The van der Waals surface area contributed by atoms with Gasteiger partial charge in [0, 0.05) is 17.8 Å². The molecule has 0 saturated carbocycles. The van der Waals surface area contributed by atoms with E-state index < -0.39 is 0 Å². The summed E-state index contributed by atoms with van der Waals surface area (Å²) in [4.78, 5) is 0. The monoisotopic (exact) mass is 138 g/mol. The van der Waals surface area contributed by atoms with Crippen molar-refractivity contribution < 1.29 is 0 Å². The van der Waals surface area contributed by atoms with Crippen molar-refractivity contribution in [3.63, 3.8) is 0 Å².